The second kappa shape index (κ2) is 15.7. The third-order valence-electron chi connectivity index (χ3n) is 14.8. The second-order valence-corrected chi connectivity index (χ2v) is 23.2. The van der Waals surface area contributed by atoms with Gasteiger partial charge in [0.2, 0.25) is 0 Å². The predicted molar refractivity (Wildman–Crippen MR) is 287 cm³/mol. The lowest BCUT2D eigenvalue weighted by atomic mass is 9.72. The number of nitrogens with zero attached hydrogens (tertiary/aromatic N) is 4. The van der Waals surface area contributed by atoms with Gasteiger partial charge in [0.25, 0.3) is 0 Å². The summed E-state index contributed by atoms with van der Waals surface area (Å²) in [5.74, 6) is 0.924. The molecule has 11 rings (SSSR count). The van der Waals surface area contributed by atoms with Crippen LogP contribution in [0.5, 0.6) is 5.75 Å². The first-order valence-corrected chi connectivity index (χ1v) is 24.6. The lowest BCUT2D eigenvalue weighted by Crippen LogP contribution is -2.23. The molecule has 1 aliphatic rings. The van der Waals surface area contributed by atoms with E-state index in [4.69, 9.17) is 19.4 Å². The summed E-state index contributed by atoms with van der Waals surface area (Å²) in [5, 5.41) is 15.7. The fraction of sp³-hybridized carbons (Fsp3) is 0.286. The van der Waals surface area contributed by atoms with Gasteiger partial charge < -0.3 is 9.52 Å². The molecule has 0 bridgehead atoms. The molecular formula is C63H62N4O2. The Kier molecular flexibility index (Phi) is 10.1. The highest BCUT2D eigenvalue weighted by Gasteiger charge is 2.32. The van der Waals surface area contributed by atoms with Crippen LogP contribution < -0.4 is 0 Å². The maximum Gasteiger partial charge on any atom is 0.149 e. The van der Waals surface area contributed by atoms with Crippen LogP contribution in [-0.2, 0) is 28.1 Å². The first kappa shape index (κ1) is 44.5. The quantitative estimate of drug-likeness (QED) is 0.186. The summed E-state index contributed by atoms with van der Waals surface area (Å²) >= 11 is 0. The number of benzene rings is 7. The molecule has 3 heterocycles. The van der Waals surface area contributed by atoms with Crippen LogP contribution in [0.15, 0.2) is 138 Å². The Bertz CT molecular complexity index is 3680. The van der Waals surface area contributed by atoms with E-state index in [2.05, 4.69) is 196 Å². The van der Waals surface area contributed by atoms with Crippen molar-refractivity contribution in [2.24, 2.45) is 0 Å². The maximum absolute atomic E-state index is 12.7. The molecule has 0 amide bonds. The lowest BCUT2D eigenvalue weighted by molar-refractivity contribution is 0.432. The van der Waals surface area contributed by atoms with Crippen molar-refractivity contribution in [1.82, 2.24) is 19.5 Å². The summed E-state index contributed by atoms with van der Waals surface area (Å²) in [5.41, 5.74) is 17.4. The Morgan fingerprint density at radius 1 is 0.609 bits per heavy atom. The van der Waals surface area contributed by atoms with Crippen LogP contribution in [0, 0.1) is 0 Å². The van der Waals surface area contributed by atoms with E-state index < -0.39 is 0 Å². The minimum absolute atomic E-state index is 0.0788. The molecule has 69 heavy (non-hydrogen) atoms. The zero-order chi connectivity index (χ0) is 48.4. The van der Waals surface area contributed by atoms with Gasteiger partial charge in [-0.05, 0) is 129 Å². The molecule has 0 spiro atoms. The molecule has 1 N–H and O–H groups in total. The number of aromatic nitrogens is 4. The van der Waals surface area contributed by atoms with Gasteiger partial charge in [0.15, 0.2) is 0 Å². The van der Waals surface area contributed by atoms with Crippen LogP contribution in [0.1, 0.15) is 117 Å². The number of phenolic OH excluding ortho intramolecular Hbond substituents is 1. The summed E-state index contributed by atoms with van der Waals surface area (Å²) in [4.78, 5) is 15.7. The summed E-state index contributed by atoms with van der Waals surface area (Å²) in [6.45, 7) is 24.7. The summed E-state index contributed by atoms with van der Waals surface area (Å²) in [7, 11) is 0. The van der Waals surface area contributed by atoms with Crippen molar-refractivity contribution in [3.8, 4) is 56.3 Å². The van der Waals surface area contributed by atoms with E-state index in [9.17, 15) is 5.11 Å². The highest BCUT2D eigenvalue weighted by molar-refractivity contribution is 6.14. The number of imidazole rings is 1. The van der Waals surface area contributed by atoms with Gasteiger partial charge in [-0.3, -0.25) is 4.57 Å². The van der Waals surface area contributed by atoms with Crippen molar-refractivity contribution in [3.63, 3.8) is 0 Å². The maximum atomic E-state index is 12.7. The topological polar surface area (TPSA) is 77.0 Å². The Labute approximate surface area is 406 Å². The number of para-hydroxylation sites is 2. The van der Waals surface area contributed by atoms with Crippen LogP contribution in [0.4, 0.5) is 0 Å². The van der Waals surface area contributed by atoms with Gasteiger partial charge >= 0.3 is 0 Å². The summed E-state index contributed by atoms with van der Waals surface area (Å²) in [6, 6.07) is 45.8. The van der Waals surface area contributed by atoms with Crippen molar-refractivity contribution in [1.29, 1.82) is 0 Å². The highest BCUT2D eigenvalue weighted by atomic mass is 16.3. The van der Waals surface area contributed by atoms with E-state index in [-0.39, 0.29) is 27.4 Å². The molecular weight excluding hydrogens is 845 g/mol. The molecule has 3 aromatic heterocycles. The zero-order valence-corrected chi connectivity index (χ0v) is 42.0. The molecule has 0 radical (unpaired) electrons. The number of rotatable bonds is 5. The van der Waals surface area contributed by atoms with Gasteiger partial charge in [0.05, 0.1) is 33.5 Å². The van der Waals surface area contributed by atoms with E-state index >= 15 is 0 Å². The van der Waals surface area contributed by atoms with Gasteiger partial charge in [-0.2, -0.15) is 0 Å². The fourth-order valence-electron chi connectivity index (χ4n) is 10.8. The monoisotopic (exact) mass is 906 g/mol. The number of fused-ring (bicyclic) bond motifs is 6. The summed E-state index contributed by atoms with van der Waals surface area (Å²) in [6.07, 6.45) is 5.05. The molecule has 0 aliphatic heterocycles. The normalized spacial score (nSPS) is 14.3. The largest absolute Gasteiger partial charge is 0.507 e. The number of hydrogen-bond acceptors (Lipinski definition) is 5. The third kappa shape index (κ3) is 7.51. The van der Waals surface area contributed by atoms with E-state index in [0.717, 1.165) is 113 Å². The molecule has 0 saturated heterocycles. The van der Waals surface area contributed by atoms with E-state index in [1.807, 2.05) is 12.1 Å². The zero-order valence-electron chi connectivity index (χ0n) is 42.0. The smallest absolute Gasteiger partial charge is 0.149 e. The minimum Gasteiger partial charge on any atom is -0.507 e. The van der Waals surface area contributed by atoms with Gasteiger partial charge in [0.1, 0.15) is 29.1 Å². The average Bonchev–Trinajstić information content (AvgIpc) is 3.89. The number of furan rings is 1. The Balaban J connectivity index is 1.24. The van der Waals surface area contributed by atoms with E-state index in [0.29, 0.717) is 11.4 Å². The molecule has 0 unspecified atom stereocenters. The Morgan fingerprint density at radius 3 is 2.10 bits per heavy atom. The molecule has 1 aliphatic carbocycles. The lowest BCUT2D eigenvalue weighted by Gasteiger charge is -2.32. The SMILES string of the molecule is CC(C)(C)c1ccc(-n2c(-c3cc(C(C)(C)C)cc(C(C)(C)C)c3O)nc3c(-c4cc(-c5ncnc6cc7c(cc56)CCCC7(C)C)c5oc6ccccc6c5c4)cccc32)c(-c2ccccc2)c1. The van der Waals surface area contributed by atoms with Gasteiger partial charge in [-0.25, -0.2) is 15.0 Å². The number of phenols is 1. The number of aryl methyl sites for hydroxylation is 1. The minimum atomic E-state index is -0.342. The van der Waals surface area contributed by atoms with Crippen LogP contribution in [-0.4, -0.2) is 24.6 Å². The van der Waals surface area contributed by atoms with Crippen LogP contribution in [0.3, 0.4) is 0 Å². The molecule has 0 fully saturated rings. The van der Waals surface area contributed by atoms with Crippen molar-refractivity contribution in [2.45, 2.75) is 117 Å². The third-order valence-corrected chi connectivity index (χ3v) is 14.8. The Hall–Kier alpha value is -7.05. The summed E-state index contributed by atoms with van der Waals surface area (Å²) < 4.78 is 9.11. The van der Waals surface area contributed by atoms with Gasteiger partial charge in [0, 0.05) is 38.4 Å². The highest BCUT2D eigenvalue weighted by Crippen LogP contribution is 2.48. The average molecular weight is 907 g/mol. The molecule has 346 valence electrons. The van der Waals surface area contributed by atoms with Gasteiger partial charge in [-0.1, -0.05) is 149 Å². The Morgan fingerprint density at radius 2 is 1.35 bits per heavy atom. The first-order valence-electron chi connectivity index (χ1n) is 24.6. The molecule has 6 nitrogen and oxygen atoms in total. The standard InChI is InChI=1S/C63H62N4O2/c1-60(2,3)40-26-27-52(44(32-40)37-19-13-12-14-20-37)67-53-24-17-23-42(56(53)66-59(67)48-33-41(61(4,5)6)34-50(57(48)68)62(7,8)9)39-30-45-43-22-15-16-25-54(43)69-58(45)47(31-39)55-46-29-38-21-18-28-63(10,11)49(38)35-51(46)64-36-65-55/h12-17,19-20,22-27,29-36,68H,18,21,28H2,1-11H3. The van der Waals surface area contributed by atoms with E-state index in [1.54, 1.807) is 6.33 Å². The van der Waals surface area contributed by atoms with Gasteiger partial charge in [-0.15, -0.1) is 0 Å². The second-order valence-electron chi connectivity index (χ2n) is 23.2. The van der Waals surface area contributed by atoms with Crippen molar-refractivity contribution in [2.75, 3.05) is 0 Å². The molecule has 10 aromatic rings. The van der Waals surface area contributed by atoms with Crippen molar-refractivity contribution >= 4 is 43.9 Å². The predicted octanol–water partition coefficient (Wildman–Crippen LogP) is 16.7. The van der Waals surface area contributed by atoms with Crippen LogP contribution in [0.25, 0.3) is 94.5 Å². The van der Waals surface area contributed by atoms with E-state index in [1.165, 1.54) is 16.7 Å². The molecule has 6 heteroatoms. The fourth-order valence-corrected chi connectivity index (χ4v) is 10.8. The van der Waals surface area contributed by atoms with Crippen molar-refractivity contribution in [3.05, 3.63) is 162 Å². The first-order chi connectivity index (χ1) is 32.8. The molecule has 7 aromatic carbocycles. The van der Waals surface area contributed by atoms with Crippen LogP contribution >= 0.6 is 0 Å². The molecule has 0 saturated carbocycles. The number of hydrogen-bond donors (Lipinski definition) is 1. The number of aromatic hydroxyl groups is 1. The van der Waals surface area contributed by atoms with Crippen LogP contribution in [0.2, 0.25) is 0 Å². The van der Waals surface area contributed by atoms with Crippen molar-refractivity contribution < 1.29 is 9.52 Å². The molecule has 0 atom stereocenters.